The number of rotatable bonds is 7. The molecule has 0 spiro atoms. The number of hydrogen-bond acceptors (Lipinski definition) is 4. The van der Waals surface area contributed by atoms with Gasteiger partial charge in [-0.2, -0.15) is 0 Å². The number of hydrogen-bond donors (Lipinski definition) is 1. The number of aromatic nitrogens is 2. The van der Waals surface area contributed by atoms with Gasteiger partial charge in [0, 0.05) is 12.0 Å². The average Bonchev–Trinajstić information content (AvgIpc) is 2.92. The molecule has 1 aromatic carbocycles. The van der Waals surface area contributed by atoms with Gasteiger partial charge in [0.15, 0.2) is 0 Å². The minimum absolute atomic E-state index is 0.135. The van der Waals surface area contributed by atoms with Crippen LogP contribution in [0.15, 0.2) is 24.3 Å². The zero-order valence-electron chi connectivity index (χ0n) is 12.6. The lowest BCUT2D eigenvalue weighted by Gasteiger charge is -2.01. The summed E-state index contributed by atoms with van der Waals surface area (Å²) in [5.74, 6) is -0.135. The van der Waals surface area contributed by atoms with Crippen molar-refractivity contribution in [3.8, 4) is 0 Å². The molecule has 5 heteroatoms. The van der Waals surface area contributed by atoms with Crippen molar-refractivity contribution in [1.82, 2.24) is 10.2 Å². The summed E-state index contributed by atoms with van der Waals surface area (Å²) in [6.45, 7) is 4.20. The van der Waals surface area contributed by atoms with E-state index in [1.807, 2.05) is 31.2 Å². The van der Waals surface area contributed by atoms with Crippen LogP contribution in [0.5, 0.6) is 0 Å². The van der Waals surface area contributed by atoms with Gasteiger partial charge in [0.1, 0.15) is 5.01 Å². The van der Waals surface area contributed by atoms with Crippen LogP contribution in [0.3, 0.4) is 0 Å². The number of unbranched alkanes of at least 4 members (excludes halogenated alkanes) is 3. The maximum Gasteiger partial charge on any atom is 0.257 e. The Kier molecular flexibility index (Phi) is 5.87. The van der Waals surface area contributed by atoms with Crippen LogP contribution in [0.25, 0.3) is 0 Å². The molecule has 1 amide bonds. The monoisotopic (exact) mass is 303 g/mol. The van der Waals surface area contributed by atoms with Crippen molar-refractivity contribution in [1.29, 1.82) is 0 Å². The second-order valence-corrected chi connectivity index (χ2v) is 6.19. The van der Waals surface area contributed by atoms with Gasteiger partial charge in [0.05, 0.1) is 0 Å². The third-order valence-corrected chi connectivity index (χ3v) is 4.14. The van der Waals surface area contributed by atoms with Crippen LogP contribution < -0.4 is 5.32 Å². The summed E-state index contributed by atoms with van der Waals surface area (Å²) < 4.78 is 0. The molecule has 0 fully saturated rings. The first-order valence-electron chi connectivity index (χ1n) is 7.39. The van der Waals surface area contributed by atoms with E-state index in [0.717, 1.165) is 23.4 Å². The summed E-state index contributed by atoms with van der Waals surface area (Å²) in [5.41, 5.74) is 1.78. The SMILES string of the molecule is CCCCCCc1nnc(NC(=O)c2ccc(C)cc2)s1. The molecule has 1 aromatic heterocycles. The Bertz CT molecular complexity index is 577. The van der Waals surface area contributed by atoms with Gasteiger partial charge >= 0.3 is 0 Å². The van der Waals surface area contributed by atoms with Crippen molar-refractivity contribution in [2.75, 3.05) is 5.32 Å². The maximum atomic E-state index is 12.1. The second-order valence-electron chi connectivity index (χ2n) is 5.13. The van der Waals surface area contributed by atoms with Crippen molar-refractivity contribution in [2.45, 2.75) is 46.0 Å². The number of nitrogens with one attached hydrogen (secondary N) is 1. The molecular formula is C16H21N3OS. The van der Waals surface area contributed by atoms with Gasteiger partial charge in [-0.3, -0.25) is 10.1 Å². The summed E-state index contributed by atoms with van der Waals surface area (Å²) in [7, 11) is 0. The molecule has 112 valence electrons. The summed E-state index contributed by atoms with van der Waals surface area (Å²) in [6, 6.07) is 7.48. The van der Waals surface area contributed by atoms with Crippen LogP contribution in [-0.2, 0) is 6.42 Å². The van der Waals surface area contributed by atoms with Crippen molar-refractivity contribution in [3.63, 3.8) is 0 Å². The fourth-order valence-corrected chi connectivity index (χ4v) is 2.76. The molecule has 0 aliphatic heterocycles. The van der Waals surface area contributed by atoms with Gasteiger partial charge < -0.3 is 0 Å². The van der Waals surface area contributed by atoms with Crippen LogP contribution >= 0.6 is 11.3 Å². The lowest BCUT2D eigenvalue weighted by Crippen LogP contribution is -2.11. The van der Waals surface area contributed by atoms with Gasteiger partial charge in [0.2, 0.25) is 5.13 Å². The summed E-state index contributed by atoms with van der Waals surface area (Å²) in [6.07, 6.45) is 5.79. The molecule has 0 radical (unpaired) electrons. The normalized spacial score (nSPS) is 10.6. The standard InChI is InChI=1S/C16H21N3OS/c1-3-4-5-6-7-14-18-19-16(21-14)17-15(20)13-10-8-12(2)9-11-13/h8-11H,3-7H2,1-2H3,(H,17,19,20). The Morgan fingerprint density at radius 1 is 1.14 bits per heavy atom. The fraction of sp³-hybridized carbons (Fsp3) is 0.438. The van der Waals surface area contributed by atoms with E-state index in [4.69, 9.17) is 0 Å². The molecule has 2 rings (SSSR count). The smallest absolute Gasteiger partial charge is 0.257 e. The molecule has 0 bridgehead atoms. The third kappa shape index (κ3) is 4.93. The number of aryl methyl sites for hydroxylation is 2. The van der Waals surface area contributed by atoms with Crippen LogP contribution in [0.2, 0.25) is 0 Å². The third-order valence-electron chi connectivity index (χ3n) is 3.25. The highest BCUT2D eigenvalue weighted by Gasteiger charge is 2.09. The van der Waals surface area contributed by atoms with Crippen molar-refractivity contribution in [2.24, 2.45) is 0 Å². The quantitative estimate of drug-likeness (QED) is 0.779. The summed E-state index contributed by atoms with van der Waals surface area (Å²) >= 11 is 1.46. The molecule has 0 unspecified atom stereocenters. The minimum Gasteiger partial charge on any atom is -0.296 e. The molecule has 2 aromatic rings. The summed E-state index contributed by atoms with van der Waals surface area (Å²) in [5, 5.41) is 12.5. The Balaban J connectivity index is 1.87. The highest BCUT2D eigenvalue weighted by molar-refractivity contribution is 7.15. The Morgan fingerprint density at radius 3 is 2.62 bits per heavy atom. The number of carbonyl (C=O) groups is 1. The van der Waals surface area contributed by atoms with E-state index in [-0.39, 0.29) is 5.91 Å². The van der Waals surface area contributed by atoms with E-state index in [9.17, 15) is 4.79 Å². The molecule has 0 atom stereocenters. The van der Waals surface area contributed by atoms with E-state index >= 15 is 0 Å². The molecule has 1 N–H and O–H groups in total. The van der Waals surface area contributed by atoms with Gasteiger partial charge in [0.25, 0.3) is 5.91 Å². The van der Waals surface area contributed by atoms with Gasteiger partial charge in [-0.15, -0.1) is 10.2 Å². The highest BCUT2D eigenvalue weighted by Crippen LogP contribution is 2.18. The molecule has 0 saturated heterocycles. The number of anilines is 1. The van der Waals surface area contributed by atoms with Crippen molar-refractivity contribution < 1.29 is 4.79 Å². The fourth-order valence-electron chi connectivity index (χ4n) is 1.98. The number of benzene rings is 1. The highest BCUT2D eigenvalue weighted by atomic mass is 32.1. The van der Waals surface area contributed by atoms with Crippen LogP contribution in [0.4, 0.5) is 5.13 Å². The number of nitrogens with zero attached hydrogens (tertiary/aromatic N) is 2. The topological polar surface area (TPSA) is 54.9 Å². The van der Waals surface area contributed by atoms with Crippen molar-refractivity contribution in [3.05, 3.63) is 40.4 Å². The first kappa shape index (κ1) is 15.6. The molecule has 21 heavy (non-hydrogen) atoms. The number of amides is 1. The van der Waals surface area contributed by atoms with Crippen LogP contribution in [-0.4, -0.2) is 16.1 Å². The zero-order valence-corrected chi connectivity index (χ0v) is 13.4. The molecular weight excluding hydrogens is 282 g/mol. The average molecular weight is 303 g/mol. The largest absolute Gasteiger partial charge is 0.296 e. The van der Waals surface area contributed by atoms with Crippen LogP contribution in [0.1, 0.15) is 53.5 Å². The first-order valence-corrected chi connectivity index (χ1v) is 8.21. The molecule has 1 heterocycles. The Labute approximate surface area is 129 Å². The second kappa shape index (κ2) is 7.88. The van der Waals surface area contributed by atoms with E-state index in [0.29, 0.717) is 10.7 Å². The van der Waals surface area contributed by atoms with E-state index < -0.39 is 0 Å². The lowest BCUT2D eigenvalue weighted by molar-refractivity contribution is 0.102. The van der Waals surface area contributed by atoms with E-state index in [2.05, 4.69) is 22.4 Å². The van der Waals surface area contributed by atoms with E-state index in [1.165, 1.54) is 30.6 Å². The molecule has 0 aliphatic rings. The van der Waals surface area contributed by atoms with Crippen molar-refractivity contribution >= 4 is 22.4 Å². The molecule has 4 nitrogen and oxygen atoms in total. The minimum atomic E-state index is -0.135. The maximum absolute atomic E-state index is 12.1. The first-order chi connectivity index (χ1) is 10.2. The summed E-state index contributed by atoms with van der Waals surface area (Å²) in [4.78, 5) is 12.1. The van der Waals surface area contributed by atoms with Gasteiger partial charge in [-0.25, -0.2) is 0 Å². The van der Waals surface area contributed by atoms with E-state index in [1.54, 1.807) is 0 Å². The van der Waals surface area contributed by atoms with Gasteiger partial charge in [-0.1, -0.05) is 55.2 Å². The predicted molar refractivity (Wildman–Crippen MR) is 86.9 cm³/mol. The lowest BCUT2D eigenvalue weighted by atomic mass is 10.1. The molecule has 0 aliphatic carbocycles. The zero-order chi connectivity index (χ0) is 15.1. The molecule has 0 saturated carbocycles. The van der Waals surface area contributed by atoms with Gasteiger partial charge in [-0.05, 0) is 25.5 Å². The number of carbonyl (C=O) groups excluding carboxylic acids is 1. The predicted octanol–water partition coefficient (Wildman–Crippen LogP) is 4.22. The Morgan fingerprint density at radius 2 is 1.90 bits per heavy atom. The van der Waals surface area contributed by atoms with Crippen LogP contribution in [0, 0.1) is 6.92 Å². The Hall–Kier alpha value is -1.75.